The predicted molar refractivity (Wildman–Crippen MR) is 107 cm³/mol. The average Bonchev–Trinajstić information content (AvgIpc) is 3.02. The van der Waals surface area contributed by atoms with Crippen LogP contribution in [-0.2, 0) is 6.61 Å². The molecule has 138 valence electrons. The SMILES string of the molecule is CC(=O)c1cccc(NC(=O)c2sc(COc3ccc(Cl)cc3)nc2C)c1. The van der Waals surface area contributed by atoms with Crippen LogP contribution in [0, 0.1) is 6.92 Å². The normalized spacial score (nSPS) is 10.5. The molecule has 0 aliphatic heterocycles. The molecule has 0 radical (unpaired) electrons. The summed E-state index contributed by atoms with van der Waals surface area (Å²) >= 11 is 7.13. The highest BCUT2D eigenvalue weighted by Crippen LogP contribution is 2.23. The molecule has 0 aliphatic rings. The number of nitrogens with one attached hydrogen (secondary N) is 1. The number of hydrogen-bond acceptors (Lipinski definition) is 5. The number of aromatic nitrogens is 1. The Morgan fingerprint density at radius 2 is 1.93 bits per heavy atom. The van der Waals surface area contributed by atoms with Gasteiger partial charge in [-0.1, -0.05) is 23.7 Å². The third-order valence-electron chi connectivity index (χ3n) is 3.75. The zero-order valence-electron chi connectivity index (χ0n) is 14.8. The van der Waals surface area contributed by atoms with E-state index in [0.29, 0.717) is 37.6 Å². The van der Waals surface area contributed by atoms with Crippen molar-refractivity contribution in [2.45, 2.75) is 20.5 Å². The molecule has 0 bridgehead atoms. The molecule has 2 aromatic carbocycles. The van der Waals surface area contributed by atoms with E-state index in [0.717, 1.165) is 0 Å². The van der Waals surface area contributed by atoms with Crippen LogP contribution in [-0.4, -0.2) is 16.7 Å². The number of ketones is 1. The lowest BCUT2D eigenvalue weighted by molar-refractivity contribution is 0.101. The summed E-state index contributed by atoms with van der Waals surface area (Å²) < 4.78 is 5.68. The number of Topliss-reactive ketones (excluding diaryl/α,β-unsaturated/α-hetero) is 1. The number of carbonyl (C=O) groups is 2. The molecule has 27 heavy (non-hydrogen) atoms. The van der Waals surface area contributed by atoms with Crippen molar-refractivity contribution >= 4 is 40.3 Å². The number of amides is 1. The highest BCUT2D eigenvalue weighted by atomic mass is 35.5. The monoisotopic (exact) mass is 400 g/mol. The minimum Gasteiger partial charge on any atom is -0.486 e. The van der Waals surface area contributed by atoms with Crippen molar-refractivity contribution in [3.05, 3.63) is 74.7 Å². The maximum atomic E-state index is 12.6. The lowest BCUT2D eigenvalue weighted by atomic mass is 10.1. The molecular weight excluding hydrogens is 384 g/mol. The third kappa shape index (κ3) is 4.93. The molecular formula is C20H17ClN2O3S. The van der Waals surface area contributed by atoms with Crippen molar-refractivity contribution in [2.75, 3.05) is 5.32 Å². The van der Waals surface area contributed by atoms with Gasteiger partial charge in [0.1, 0.15) is 22.2 Å². The standard InChI is InChI=1S/C20H17ClN2O3S/c1-12-19(20(25)23-16-5-3-4-14(10-16)13(2)24)27-18(22-12)11-26-17-8-6-15(21)7-9-17/h3-10H,11H2,1-2H3,(H,23,25). The maximum absolute atomic E-state index is 12.6. The summed E-state index contributed by atoms with van der Waals surface area (Å²) in [4.78, 5) is 29.0. The lowest BCUT2D eigenvalue weighted by Crippen LogP contribution is -2.11. The summed E-state index contributed by atoms with van der Waals surface area (Å²) in [6.07, 6.45) is 0. The van der Waals surface area contributed by atoms with Gasteiger partial charge in [0, 0.05) is 16.3 Å². The van der Waals surface area contributed by atoms with Gasteiger partial charge in [0.2, 0.25) is 0 Å². The molecule has 0 spiro atoms. The smallest absolute Gasteiger partial charge is 0.267 e. The zero-order chi connectivity index (χ0) is 19.4. The fourth-order valence-electron chi connectivity index (χ4n) is 2.40. The zero-order valence-corrected chi connectivity index (χ0v) is 16.4. The molecule has 1 heterocycles. The van der Waals surface area contributed by atoms with Crippen LogP contribution in [0.2, 0.25) is 5.02 Å². The number of nitrogens with zero attached hydrogens (tertiary/aromatic N) is 1. The largest absolute Gasteiger partial charge is 0.486 e. The molecule has 0 saturated heterocycles. The van der Waals surface area contributed by atoms with Gasteiger partial charge in [-0.15, -0.1) is 11.3 Å². The predicted octanol–water partition coefficient (Wildman–Crippen LogP) is 5.14. The van der Waals surface area contributed by atoms with Crippen molar-refractivity contribution in [2.24, 2.45) is 0 Å². The van der Waals surface area contributed by atoms with Crippen LogP contribution < -0.4 is 10.1 Å². The summed E-state index contributed by atoms with van der Waals surface area (Å²) in [5.41, 5.74) is 1.75. The van der Waals surface area contributed by atoms with Crippen molar-refractivity contribution in [1.29, 1.82) is 0 Å². The number of rotatable bonds is 6. The van der Waals surface area contributed by atoms with Crippen LogP contribution in [0.3, 0.4) is 0 Å². The Labute approximate surface area is 166 Å². The Kier molecular flexibility index (Phi) is 5.88. The molecule has 1 aromatic heterocycles. The number of anilines is 1. The van der Waals surface area contributed by atoms with Crippen LogP contribution in [0.4, 0.5) is 5.69 Å². The first kappa shape index (κ1) is 19.1. The number of benzene rings is 2. The molecule has 0 fully saturated rings. The van der Waals surface area contributed by atoms with Crippen molar-refractivity contribution in [3.63, 3.8) is 0 Å². The second-order valence-corrected chi connectivity index (χ2v) is 7.38. The van der Waals surface area contributed by atoms with Gasteiger partial charge in [0.15, 0.2) is 5.78 Å². The number of aryl methyl sites for hydroxylation is 1. The van der Waals surface area contributed by atoms with Crippen LogP contribution in [0.15, 0.2) is 48.5 Å². The molecule has 0 unspecified atom stereocenters. The van der Waals surface area contributed by atoms with Gasteiger partial charge in [-0.2, -0.15) is 0 Å². The summed E-state index contributed by atoms with van der Waals surface area (Å²) in [6, 6.07) is 13.9. The van der Waals surface area contributed by atoms with E-state index in [9.17, 15) is 9.59 Å². The third-order valence-corrected chi connectivity index (χ3v) is 5.13. The Morgan fingerprint density at radius 1 is 1.19 bits per heavy atom. The fraction of sp³-hybridized carbons (Fsp3) is 0.150. The molecule has 0 aliphatic carbocycles. The number of carbonyl (C=O) groups excluding carboxylic acids is 2. The molecule has 0 saturated carbocycles. The van der Waals surface area contributed by atoms with Gasteiger partial charge in [0.05, 0.1) is 5.69 Å². The van der Waals surface area contributed by atoms with Crippen molar-refractivity contribution in [3.8, 4) is 5.75 Å². The van der Waals surface area contributed by atoms with Gasteiger partial charge >= 0.3 is 0 Å². The number of thiazole rings is 1. The Bertz CT molecular complexity index is 983. The van der Waals surface area contributed by atoms with E-state index in [4.69, 9.17) is 16.3 Å². The van der Waals surface area contributed by atoms with Crippen LogP contribution >= 0.6 is 22.9 Å². The summed E-state index contributed by atoms with van der Waals surface area (Å²) in [6.45, 7) is 3.53. The first-order valence-corrected chi connectivity index (χ1v) is 9.39. The second-order valence-electron chi connectivity index (χ2n) is 5.86. The van der Waals surface area contributed by atoms with E-state index >= 15 is 0 Å². The van der Waals surface area contributed by atoms with E-state index < -0.39 is 0 Å². The van der Waals surface area contributed by atoms with Crippen LogP contribution in [0.25, 0.3) is 0 Å². The van der Waals surface area contributed by atoms with Crippen molar-refractivity contribution < 1.29 is 14.3 Å². The molecule has 1 N–H and O–H groups in total. The van der Waals surface area contributed by atoms with Gasteiger partial charge in [0.25, 0.3) is 5.91 Å². The summed E-state index contributed by atoms with van der Waals surface area (Å²) in [5, 5.41) is 4.15. The fourth-order valence-corrected chi connectivity index (χ4v) is 3.40. The van der Waals surface area contributed by atoms with Gasteiger partial charge in [-0.3, -0.25) is 9.59 Å². The molecule has 3 rings (SSSR count). The molecule has 7 heteroatoms. The Hall–Kier alpha value is -2.70. The lowest BCUT2D eigenvalue weighted by Gasteiger charge is -2.05. The van der Waals surface area contributed by atoms with Crippen LogP contribution in [0.1, 0.15) is 37.7 Å². The average molecular weight is 401 g/mol. The van der Waals surface area contributed by atoms with E-state index in [1.807, 2.05) is 0 Å². The summed E-state index contributed by atoms with van der Waals surface area (Å²) in [5.74, 6) is 0.365. The number of hydrogen-bond donors (Lipinski definition) is 1. The van der Waals surface area contributed by atoms with Gasteiger partial charge in [-0.05, 0) is 50.2 Å². The molecule has 3 aromatic rings. The van der Waals surface area contributed by atoms with Crippen LogP contribution in [0.5, 0.6) is 5.75 Å². The van der Waals surface area contributed by atoms with E-state index in [1.54, 1.807) is 55.5 Å². The molecule has 1 amide bonds. The molecule has 5 nitrogen and oxygen atoms in total. The quantitative estimate of drug-likeness (QED) is 0.582. The first-order chi connectivity index (χ1) is 12.9. The first-order valence-electron chi connectivity index (χ1n) is 8.19. The van der Waals surface area contributed by atoms with Gasteiger partial charge < -0.3 is 10.1 Å². The Morgan fingerprint density at radius 3 is 2.63 bits per heavy atom. The van der Waals surface area contributed by atoms with E-state index in [1.165, 1.54) is 18.3 Å². The number of ether oxygens (including phenoxy) is 1. The second kappa shape index (κ2) is 8.33. The van der Waals surface area contributed by atoms with E-state index in [2.05, 4.69) is 10.3 Å². The van der Waals surface area contributed by atoms with Gasteiger partial charge in [-0.25, -0.2) is 4.98 Å². The topological polar surface area (TPSA) is 68.3 Å². The van der Waals surface area contributed by atoms with Crippen molar-refractivity contribution in [1.82, 2.24) is 4.98 Å². The number of halogens is 1. The Balaban J connectivity index is 1.68. The minimum absolute atomic E-state index is 0.0540. The highest BCUT2D eigenvalue weighted by molar-refractivity contribution is 7.13. The van der Waals surface area contributed by atoms with E-state index in [-0.39, 0.29) is 18.3 Å². The maximum Gasteiger partial charge on any atom is 0.267 e. The molecule has 0 atom stereocenters. The minimum atomic E-state index is -0.261. The highest BCUT2D eigenvalue weighted by Gasteiger charge is 2.16. The summed E-state index contributed by atoms with van der Waals surface area (Å²) in [7, 11) is 0.